The van der Waals surface area contributed by atoms with Crippen LogP contribution in [0.2, 0.25) is 0 Å². The predicted octanol–water partition coefficient (Wildman–Crippen LogP) is 2.69. The average molecular weight is 272 g/mol. The number of hydrogen-bond donors (Lipinski definition) is 1. The van der Waals surface area contributed by atoms with Crippen molar-refractivity contribution in [2.45, 2.75) is 32.2 Å². The van der Waals surface area contributed by atoms with Gasteiger partial charge in [-0.05, 0) is 32.3 Å². The van der Waals surface area contributed by atoms with E-state index in [1.54, 1.807) is 0 Å². The topological polar surface area (TPSA) is 59.5 Å². The van der Waals surface area contributed by atoms with Crippen LogP contribution in [-0.2, 0) is 0 Å². The summed E-state index contributed by atoms with van der Waals surface area (Å²) in [5.41, 5.74) is 7.49. The van der Waals surface area contributed by atoms with Crippen LogP contribution in [0.5, 0.6) is 0 Å². The van der Waals surface area contributed by atoms with Crippen molar-refractivity contribution >= 4 is 16.9 Å². The Kier molecular flexibility index (Phi) is 3.49. The van der Waals surface area contributed by atoms with E-state index in [-0.39, 0.29) is 11.9 Å². The first-order valence-corrected chi connectivity index (χ1v) is 7.21. The molecule has 20 heavy (non-hydrogen) atoms. The molecule has 1 unspecified atom stereocenters. The molecule has 4 nitrogen and oxygen atoms in total. The summed E-state index contributed by atoms with van der Waals surface area (Å²) < 4.78 is 5.77. The fourth-order valence-corrected chi connectivity index (χ4v) is 3.02. The molecule has 1 fully saturated rings. The minimum Gasteiger partial charge on any atom is -0.451 e. The second kappa shape index (κ2) is 5.29. The summed E-state index contributed by atoms with van der Waals surface area (Å²) in [5.74, 6) is 0.445. The van der Waals surface area contributed by atoms with E-state index in [1.807, 2.05) is 36.1 Å². The molecule has 1 aromatic heterocycles. The molecule has 4 heteroatoms. The maximum absolute atomic E-state index is 12.7. The van der Waals surface area contributed by atoms with E-state index in [4.69, 9.17) is 10.2 Å². The fourth-order valence-electron chi connectivity index (χ4n) is 3.02. The molecule has 2 heterocycles. The van der Waals surface area contributed by atoms with Gasteiger partial charge in [-0.2, -0.15) is 0 Å². The molecule has 0 bridgehead atoms. The van der Waals surface area contributed by atoms with Gasteiger partial charge in [-0.3, -0.25) is 4.79 Å². The zero-order valence-electron chi connectivity index (χ0n) is 11.8. The van der Waals surface area contributed by atoms with E-state index in [2.05, 4.69) is 0 Å². The van der Waals surface area contributed by atoms with Gasteiger partial charge in [-0.1, -0.05) is 18.2 Å². The number of piperidine rings is 1. The van der Waals surface area contributed by atoms with Gasteiger partial charge in [0, 0.05) is 30.1 Å². The highest BCUT2D eigenvalue weighted by Crippen LogP contribution is 2.27. The smallest absolute Gasteiger partial charge is 0.290 e. The second-order valence-corrected chi connectivity index (χ2v) is 5.44. The Morgan fingerprint density at radius 2 is 2.20 bits per heavy atom. The normalized spacial score (nSPS) is 19.5. The number of amides is 1. The Labute approximate surface area is 118 Å². The number of nitrogens with two attached hydrogens (primary N) is 1. The fraction of sp³-hybridized carbons (Fsp3) is 0.438. The van der Waals surface area contributed by atoms with Crippen LogP contribution in [0.1, 0.15) is 35.4 Å². The molecule has 1 aliphatic rings. The summed E-state index contributed by atoms with van der Waals surface area (Å²) in [4.78, 5) is 14.6. The largest absolute Gasteiger partial charge is 0.451 e. The Bertz CT molecular complexity index is 632. The number of benzene rings is 1. The standard InChI is InChI=1S/C16H20N2O2/c1-11-13-7-2-3-8-14(13)20-15(11)16(19)18-9-5-4-6-12(18)10-17/h2-3,7-8,12H,4-6,9-10,17H2,1H3. The third kappa shape index (κ3) is 2.10. The van der Waals surface area contributed by atoms with Gasteiger partial charge in [0.25, 0.3) is 5.91 Å². The molecule has 106 valence electrons. The van der Waals surface area contributed by atoms with Crippen LogP contribution in [0.15, 0.2) is 28.7 Å². The van der Waals surface area contributed by atoms with E-state index in [0.717, 1.165) is 42.3 Å². The lowest BCUT2D eigenvalue weighted by Crippen LogP contribution is -2.47. The maximum Gasteiger partial charge on any atom is 0.290 e. The molecule has 0 saturated carbocycles. The Balaban J connectivity index is 1.97. The summed E-state index contributed by atoms with van der Waals surface area (Å²) in [6, 6.07) is 7.91. The zero-order chi connectivity index (χ0) is 14.1. The summed E-state index contributed by atoms with van der Waals surface area (Å²) in [6.45, 7) is 3.24. The Morgan fingerprint density at radius 1 is 1.40 bits per heavy atom. The summed E-state index contributed by atoms with van der Waals surface area (Å²) in [5, 5.41) is 1.01. The van der Waals surface area contributed by atoms with Crippen LogP contribution in [0, 0.1) is 6.92 Å². The van der Waals surface area contributed by atoms with Crippen molar-refractivity contribution in [1.82, 2.24) is 4.90 Å². The first kappa shape index (κ1) is 13.2. The minimum atomic E-state index is -0.0196. The SMILES string of the molecule is Cc1c(C(=O)N2CCCCC2CN)oc2ccccc12. The minimum absolute atomic E-state index is 0.0196. The Morgan fingerprint density at radius 3 is 2.95 bits per heavy atom. The molecule has 0 radical (unpaired) electrons. The third-order valence-corrected chi connectivity index (χ3v) is 4.20. The van der Waals surface area contributed by atoms with Crippen molar-refractivity contribution in [1.29, 1.82) is 0 Å². The number of para-hydroxylation sites is 1. The van der Waals surface area contributed by atoms with Gasteiger partial charge in [-0.25, -0.2) is 0 Å². The maximum atomic E-state index is 12.7. The zero-order valence-corrected chi connectivity index (χ0v) is 11.8. The molecule has 2 N–H and O–H groups in total. The van der Waals surface area contributed by atoms with Crippen molar-refractivity contribution in [3.05, 3.63) is 35.6 Å². The van der Waals surface area contributed by atoms with Crippen LogP contribution in [0.4, 0.5) is 0 Å². The molecule has 1 saturated heterocycles. The van der Waals surface area contributed by atoms with Crippen LogP contribution < -0.4 is 5.73 Å². The molecule has 2 aromatic rings. The lowest BCUT2D eigenvalue weighted by Gasteiger charge is -2.34. The van der Waals surface area contributed by atoms with Gasteiger partial charge in [0.2, 0.25) is 0 Å². The van der Waals surface area contributed by atoms with E-state index in [1.165, 1.54) is 0 Å². The van der Waals surface area contributed by atoms with E-state index in [9.17, 15) is 4.79 Å². The number of carbonyl (C=O) groups is 1. The number of furan rings is 1. The predicted molar refractivity (Wildman–Crippen MR) is 78.7 cm³/mol. The van der Waals surface area contributed by atoms with E-state index in [0.29, 0.717) is 12.3 Å². The van der Waals surface area contributed by atoms with Gasteiger partial charge < -0.3 is 15.1 Å². The molecule has 0 spiro atoms. The Hall–Kier alpha value is -1.81. The highest BCUT2D eigenvalue weighted by Gasteiger charge is 2.29. The average Bonchev–Trinajstić information content (AvgIpc) is 2.84. The first-order chi connectivity index (χ1) is 9.72. The van der Waals surface area contributed by atoms with Crippen LogP contribution in [0.25, 0.3) is 11.0 Å². The number of rotatable bonds is 2. The lowest BCUT2D eigenvalue weighted by atomic mass is 10.0. The highest BCUT2D eigenvalue weighted by atomic mass is 16.3. The summed E-state index contributed by atoms with van der Waals surface area (Å²) in [6.07, 6.45) is 3.17. The number of aryl methyl sites for hydroxylation is 1. The van der Waals surface area contributed by atoms with Gasteiger partial charge >= 0.3 is 0 Å². The molecule has 0 aliphatic carbocycles. The number of likely N-dealkylation sites (tertiary alicyclic amines) is 1. The van der Waals surface area contributed by atoms with Crippen molar-refractivity contribution in [3.8, 4) is 0 Å². The first-order valence-electron chi connectivity index (χ1n) is 7.21. The van der Waals surface area contributed by atoms with Crippen LogP contribution in [-0.4, -0.2) is 29.9 Å². The molecular weight excluding hydrogens is 252 g/mol. The van der Waals surface area contributed by atoms with Gasteiger partial charge in [0.1, 0.15) is 5.58 Å². The lowest BCUT2D eigenvalue weighted by molar-refractivity contribution is 0.0592. The molecule has 3 rings (SSSR count). The number of fused-ring (bicyclic) bond motifs is 1. The van der Waals surface area contributed by atoms with Crippen LogP contribution >= 0.6 is 0 Å². The van der Waals surface area contributed by atoms with Crippen molar-refractivity contribution in [2.75, 3.05) is 13.1 Å². The molecule has 1 atom stereocenters. The van der Waals surface area contributed by atoms with Crippen molar-refractivity contribution < 1.29 is 9.21 Å². The highest BCUT2D eigenvalue weighted by molar-refractivity contribution is 5.99. The summed E-state index contributed by atoms with van der Waals surface area (Å²) >= 11 is 0. The molecule has 1 amide bonds. The summed E-state index contributed by atoms with van der Waals surface area (Å²) in [7, 11) is 0. The number of nitrogens with zero attached hydrogens (tertiary/aromatic N) is 1. The van der Waals surface area contributed by atoms with E-state index >= 15 is 0 Å². The molecule has 1 aliphatic heterocycles. The monoisotopic (exact) mass is 272 g/mol. The van der Waals surface area contributed by atoms with Crippen LogP contribution in [0.3, 0.4) is 0 Å². The van der Waals surface area contributed by atoms with Gasteiger partial charge in [0.15, 0.2) is 5.76 Å². The molecular formula is C16H20N2O2. The number of hydrogen-bond acceptors (Lipinski definition) is 3. The quantitative estimate of drug-likeness (QED) is 0.914. The molecule has 1 aromatic carbocycles. The van der Waals surface area contributed by atoms with Gasteiger partial charge in [-0.15, -0.1) is 0 Å². The van der Waals surface area contributed by atoms with Crippen molar-refractivity contribution in [2.24, 2.45) is 5.73 Å². The van der Waals surface area contributed by atoms with Gasteiger partial charge in [0.05, 0.1) is 0 Å². The third-order valence-electron chi connectivity index (χ3n) is 4.20. The van der Waals surface area contributed by atoms with E-state index < -0.39 is 0 Å². The van der Waals surface area contributed by atoms with Crippen molar-refractivity contribution in [3.63, 3.8) is 0 Å². The number of carbonyl (C=O) groups excluding carboxylic acids is 1. The second-order valence-electron chi connectivity index (χ2n) is 5.44.